The molecule has 0 unspecified atom stereocenters. The Balaban J connectivity index is 2.30. The Morgan fingerprint density at radius 1 is 1.00 bits per heavy atom. The van der Waals surface area contributed by atoms with E-state index in [4.69, 9.17) is 17.3 Å². The minimum Gasteiger partial charge on any atom is -0.399 e. The monoisotopic (exact) mass is 245 g/mol. The zero-order chi connectivity index (χ0) is 12.3. The molecule has 2 N–H and O–H groups in total. The summed E-state index contributed by atoms with van der Waals surface area (Å²) in [6.07, 6.45) is 0. The Morgan fingerprint density at radius 3 is 2.35 bits per heavy atom. The lowest BCUT2D eigenvalue weighted by molar-refractivity contribution is 0.628. The first kappa shape index (κ1) is 11.5. The summed E-state index contributed by atoms with van der Waals surface area (Å²) < 4.78 is 12.9. The van der Waals surface area contributed by atoms with Gasteiger partial charge in [-0.2, -0.15) is 0 Å². The maximum Gasteiger partial charge on any atom is 0.141 e. The molecule has 17 heavy (non-hydrogen) atoms. The molecule has 84 valence electrons. The summed E-state index contributed by atoms with van der Waals surface area (Å²) in [4.78, 5) is 0. The smallest absolute Gasteiger partial charge is 0.141 e. The number of hydrogen-bond donors (Lipinski definition) is 1. The highest BCUT2D eigenvalue weighted by Gasteiger charge is 1.98. The lowest BCUT2D eigenvalue weighted by Gasteiger charge is -1.95. The molecule has 0 saturated heterocycles. The predicted molar refractivity (Wildman–Crippen MR) is 68.2 cm³/mol. The van der Waals surface area contributed by atoms with E-state index in [1.807, 2.05) is 12.1 Å². The van der Waals surface area contributed by atoms with Crippen LogP contribution in [-0.2, 0) is 0 Å². The third-order valence-corrected chi connectivity index (χ3v) is 2.45. The lowest BCUT2D eigenvalue weighted by Crippen LogP contribution is -1.84. The second-order valence-corrected chi connectivity index (χ2v) is 3.91. The van der Waals surface area contributed by atoms with Gasteiger partial charge < -0.3 is 5.73 Å². The average Bonchev–Trinajstić information content (AvgIpc) is 2.31. The minimum absolute atomic E-state index is 0.0735. The normalized spacial score (nSPS) is 9.53. The first-order chi connectivity index (χ1) is 8.15. The quantitative estimate of drug-likeness (QED) is 0.558. The Hall–Kier alpha value is -1.98. The maximum absolute atomic E-state index is 12.9. The fraction of sp³-hybridized carbons (Fsp3) is 0. The van der Waals surface area contributed by atoms with Crippen molar-refractivity contribution in [3.8, 4) is 11.8 Å². The summed E-state index contributed by atoms with van der Waals surface area (Å²) in [5.41, 5.74) is 7.77. The van der Waals surface area contributed by atoms with E-state index in [0.29, 0.717) is 11.3 Å². The number of nitrogen functional groups attached to an aromatic ring is 1. The maximum atomic E-state index is 12.9. The van der Waals surface area contributed by atoms with Crippen LogP contribution in [0.3, 0.4) is 0 Å². The SMILES string of the molecule is Nc1cccc(C#Cc2ccc(F)c(Cl)c2)c1. The molecule has 0 atom stereocenters. The molecule has 2 rings (SSSR count). The second kappa shape index (κ2) is 4.90. The number of benzene rings is 2. The van der Waals surface area contributed by atoms with Crippen molar-refractivity contribution in [3.05, 3.63) is 64.4 Å². The highest BCUT2D eigenvalue weighted by molar-refractivity contribution is 6.30. The van der Waals surface area contributed by atoms with Crippen LogP contribution in [0.4, 0.5) is 10.1 Å². The van der Waals surface area contributed by atoms with Crippen molar-refractivity contribution < 1.29 is 4.39 Å². The fourth-order valence-electron chi connectivity index (χ4n) is 1.33. The van der Waals surface area contributed by atoms with E-state index in [2.05, 4.69) is 11.8 Å². The van der Waals surface area contributed by atoms with Gasteiger partial charge in [0.1, 0.15) is 5.82 Å². The predicted octanol–water partition coefficient (Wildman–Crippen LogP) is 3.46. The van der Waals surface area contributed by atoms with Gasteiger partial charge in [0.25, 0.3) is 0 Å². The van der Waals surface area contributed by atoms with Crippen molar-refractivity contribution >= 4 is 17.3 Å². The standard InChI is InChI=1S/C14H9ClFN/c15-13-9-11(6-7-14(13)16)5-4-10-2-1-3-12(17)8-10/h1-3,6-9H,17H2. The molecule has 0 fully saturated rings. The Kier molecular flexibility index (Phi) is 3.32. The molecule has 0 saturated carbocycles. The molecule has 0 heterocycles. The number of halogens is 2. The van der Waals surface area contributed by atoms with E-state index < -0.39 is 5.82 Å². The molecule has 0 aliphatic carbocycles. The van der Waals surface area contributed by atoms with Gasteiger partial charge in [0.2, 0.25) is 0 Å². The average molecular weight is 246 g/mol. The highest BCUT2D eigenvalue weighted by atomic mass is 35.5. The van der Waals surface area contributed by atoms with Gasteiger partial charge in [-0.3, -0.25) is 0 Å². The molecule has 0 amide bonds. The van der Waals surface area contributed by atoms with E-state index >= 15 is 0 Å². The van der Waals surface area contributed by atoms with Crippen LogP contribution in [0.2, 0.25) is 5.02 Å². The third-order valence-electron chi connectivity index (χ3n) is 2.16. The summed E-state index contributed by atoms with van der Waals surface area (Å²) in [6.45, 7) is 0. The highest BCUT2D eigenvalue weighted by Crippen LogP contribution is 2.15. The molecular formula is C14H9ClFN. The van der Waals surface area contributed by atoms with Crippen LogP contribution in [0.5, 0.6) is 0 Å². The molecule has 0 aliphatic heterocycles. The molecule has 0 spiro atoms. The molecule has 2 aromatic rings. The summed E-state index contributed by atoms with van der Waals surface area (Å²) in [7, 11) is 0. The number of hydrogen-bond acceptors (Lipinski definition) is 1. The van der Waals surface area contributed by atoms with Crippen LogP contribution in [0.25, 0.3) is 0 Å². The summed E-state index contributed by atoms with van der Waals surface area (Å²) in [5, 5.41) is 0.0735. The van der Waals surface area contributed by atoms with Crippen molar-refractivity contribution in [1.29, 1.82) is 0 Å². The van der Waals surface area contributed by atoms with Gasteiger partial charge in [0.05, 0.1) is 5.02 Å². The van der Waals surface area contributed by atoms with E-state index in [1.54, 1.807) is 18.2 Å². The third kappa shape index (κ3) is 2.99. The Morgan fingerprint density at radius 2 is 1.71 bits per heavy atom. The van der Waals surface area contributed by atoms with Gasteiger partial charge >= 0.3 is 0 Å². The molecule has 3 heteroatoms. The van der Waals surface area contributed by atoms with Gasteiger partial charge in [0, 0.05) is 16.8 Å². The van der Waals surface area contributed by atoms with Crippen molar-refractivity contribution in [3.63, 3.8) is 0 Å². The molecular weight excluding hydrogens is 237 g/mol. The topological polar surface area (TPSA) is 26.0 Å². The Labute approximate surface area is 104 Å². The van der Waals surface area contributed by atoms with Crippen molar-refractivity contribution in [1.82, 2.24) is 0 Å². The van der Waals surface area contributed by atoms with Gasteiger partial charge in [-0.15, -0.1) is 0 Å². The summed E-state index contributed by atoms with van der Waals surface area (Å²) in [5.74, 6) is 5.39. The lowest BCUT2D eigenvalue weighted by atomic mass is 10.1. The first-order valence-corrected chi connectivity index (χ1v) is 5.35. The van der Waals surface area contributed by atoms with Crippen LogP contribution in [0.15, 0.2) is 42.5 Å². The zero-order valence-corrected chi connectivity index (χ0v) is 9.63. The van der Waals surface area contributed by atoms with Crippen molar-refractivity contribution in [2.75, 3.05) is 5.73 Å². The molecule has 0 bridgehead atoms. The van der Waals surface area contributed by atoms with E-state index in [0.717, 1.165) is 5.56 Å². The number of anilines is 1. The number of rotatable bonds is 0. The molecule has 0 aromatic heterocycles. The van der Waals surface area contributed by atoms with Crippen LogP contribution in [0.1, 0.15) is 11.1 Å². The second-order valence-electron chi connectivity index (χ2n) is 3.50. The largest absolute Gasteiger partial charge is 0.399 e. The molecule has 1 nitrogen and oxygen atoms in total. The van der Waals surface area contributed by atoms with E-state index in [1.165, 1.54) is 12.1 Å². The van der Waals surface area contributed by atoms with E-state index in [-0.39, 0.29) is 5.02 Å². The zero-order valence-electron chi connectivity index (χ0n) is 8.87. The Bertz CT molecular complexity index is 611. The van der Waals surface area contributed by atoms with Gasteiger partial charge in [-0.1, -0.05) is 29.5 Å². The molecule has 0 aliphatic rings. The van der Waals surface area contributed by atoms with Gasteiger partial charge in [0.15, 0.2) is 0 Å². The van der Waals surface area contributed by atoms with Crippen molar-refractivity contribution in [2.45, 2.75) is 0 Å². The van der Waals surface area contributed by atoms with Crippen molar-refractivity contribution in [2.24, 2.45) is 0 Å². The van der Waals surface area contributed by atoms with Gasteiger partial charge in [-0.25, -0.2) is 4.39 Å². The molecule has 0 radical (unpaired) electrons. The van der Waals surface area contributed by atoms with Crippen LogP contribution in [-0.4, -0.2) is 0 Å². The van der Waals surface area contributed by atoms with Crippen LogP contribution < -0.4 is 5.73 Å². The van der Waals surface area contributed by atoms with Gasteiger partial charge in [-0.05, 0) is 36.4 Å². The fourth-order valence-corrected chi connectivity index (χ4v) is 1.52. The summed E-state index contributed by atoms with van der Waals surface area (Å²) in [6, 6.07) is 11.6. The van der Waals surface area contributed by atoms with E-state index in [9.17, 15) is 4.39 Å². The minimum atomic E-state index is -0.443. The number of nitrogens with two attached hydrogens (primary N) is 1. The molecule has 2 aromatic carbocycles. The first-order valence-electron chi connectivity index (χ1n) is 4.98. The van der Waals surface area contributed by atoms with Crippen LogP contribution in [0, 0.1) is 17.7 Å². The summed E-state index contributed by atoms with van der Waals surface area (Å²) >= 11 is 5.66. The van der Waals surface area contributed by atoms with Crippen LogP contribution >= 0.6 is 11.6 Å².